The zero-order chi connectivity index (χ0) is 12.3. The van der Waals surface area contributed by atoms with Crippen LogP contribution in [0.15, 0.2) is 58.3 Å². The first-order valence-corrected chi connectivity index (χ1v) is 6.22. The van der Waals surface area contributed by atoms with Crippen molar-refractivity contribution in [2.24, 2.45) is 5.73 Å². The second-order valence-electron chi connectivity index (χ2n) is 3.50. The Bertz CT molecular complexity index is 537. The molecule has 0 unspecified atom stereocenters. The number of nitrogens with two attached hydrogens (primary N) is 1. The summed E-state index contributed by atoms with van der Waals surface area (Å²) in [5.74, 6) is 0.0873. The summed E-state index contributed by atoms with van der Waals surface area (Å²) in [4.78, 5) is 2.19. The molecule has 0 heterocycles. The molecule has 0 aliphatic rings. The molecular weight excluding hydrogens is 252 g/mol. The maximum absolute atomic E-state index is 7.31. The van der Waals surface area contributed by atoms with E-state index in [9.17, 15) is 0 Å². The van der Waals surface area contributed by atoms with E-state index in [1.54, 1.807) is 11.8 Å². The zero-order valence-corrected chi connectivity index (χ0v) is 10.6. The number of benzene rings is 2. The lowest BCUT2D eigenvalue weighted by atomic mass is 10.2. The Morgan fingerprint density at radius 1 is 1.06 bits per heavy atom. The second kappa shape index (κ2) is 5.25. The van der Waals surface area contributed by atoms with Gasteiger partial charge >= 0.3 is 0 Å². The number of halogens is 1. The highest BCUT2D eigenvalue weighted by atomic mass is 35.5. The predicted octanol–water partition coefficient (Wildman–Crippen LogP) is 3.78. The molecule has 0 amide bonds. The van der Waals surface area contributed by atoms with Crippen LogP contribution in [0, 0.1) is 5.41 Å². The first-order chi connectivity index (χ1) is 8.15. The summed E-state index contributed by atoms with van der Waals surface area (Å²) in [5.41, 5.74) is 6.13. The molecule has 0 aromatic heterocycles. The van der Waals surface area contributed by atoms with Gasteiger partial charge in [0.25, 0.3) is 0 Å². The standard InChI is InChI=1S/C13H11ClN2S/c14-10-2-1-3-12(8-10)17-11-6-4-9(5-7-11)13(15)16/h1-8H,(H3,15,16). The molecule has 4 heteroatoms. The Labute approximate surface area is 109 Å². The van der Waals surface area contributed by atoms with Crippen LogP contribution in [0.4, 0.5) is 0 Å². The van der Waals surface area contributed by atoms with Crippen LogP contribution in [0.5, 0.6) is 0 Å². The van der Waals surface area contributed by atoms with Gasteiger partial charge < -0.3 is 5.73 Å². The van der Waals surface area contributed by atoms with Crippen molar-refractivity contribution < 1.29 is 0 Å². The Kier molecular flexibility index (Phi) is 3.71. The fourth-order valence-corrected chi connectivity index (χ4v) is 2.50. The monoisotopic (exact) mass is 262 g/mol. The van der Waals surface area contributed by atoms with E-state index in [0.717, 1.165) is 20.4 Å². The molecule has 0 atom stereocenters. The van der Waals surface area contributed by atoms with Crippen molar-refractivity contribution in [2.75, 3.05) is 0 Å². The number of hydrogen-bond acceptors (Lipinski definition) is 2. The molecule has 0 radical (unpaired) electrons. The maximum Gasteiger partial charge on any atom is 0.122 e. The molecule has 0 saturated heterocycles. The van der Waals surface area contributed by atoms with E-state index >= 15 is 0 Å². The summed E-state index contributed by atoms with van der Waals surface area (Å²) in [6.45, 7) is 0. The second-order valence-corrected chi connectivity index (χ2v) is 5.08. The summed E-state index contributed by atoms with van der Waals surface area (Å²) in [7, 11) is 0. The Balaban J connectivity index is 2.16. The molecular formula is C13H11ClN2S. The number of nitrogens with one attached hydrogen (secondary N) is 1. The van der Waals surface area contributed by atoms with E-state index in [1.807, 2.05) is 48.5 Å². The quantitative estimate of drug-likeness (QED) is 0.653. The molecule has 2 aromatic carbocycles. The molecule has 0 fully saturated rings. The van der Waals surface area contributed by atoms with E-state index in [0.29, 0.717) is 0 Å². The minimum atomic E-state index is 0.0873. The molecule has 2 aromatic rings. The number of nitrogen functional groups attached to an aromatic ring is 1. The van der Waals surface area contributed by atoms with E-state index < -0.39 is 0 Å². The van der Waals surface area contributed by atoms with E-state index in [-0.39, 0.29) is 5.84 Å². The predicted molar refractivity (Wildman–Crippen MR) is 73.0 cm³/mol. The van der Waals surface area contributed by atoms with E-state index in [1.165, 1.54) is 0 Å². The highest BCUT2D eigenvalue weighted by molar-refractivity contribution is 7.99. The summed E-state index contributed by atoms with van der Waals surface area (Å²) < 4.78 is 0. The lowest BCUT2D eigenvalue weighted by Crippen LogP contribution is -2.10. The fraction of sp³-hybridized carbons (Fsp3) is 0. The van der Waals surface area contributed by atoms with E-state index in [4.69, 9.17) is 22.7 Å². The van der Waals surface area contributed by atoms with Gasteiger partial charge in [0, 0.05) is 20.4 Å². The van der Waals surface area contributed by atoms with Crippen LogP contribution in [0.3, 0.4) is 0 Å². The molecule has 17 heavy (non-hydrogen) atoms. The topological polar surface area (TPSA) is 49.9 Å². The van der Waals surface area contributed by atoms with Gasteiger partial charge in [0.1, 0.15) is 5.84 Å². The maximum atomic E-state index is 7.31. The van der Waals surface area contributed by atoms with Gasteiger partial charge in [-0.1, -0.05) is 41.6 Å². The minimum absolute atomic E-state index is 0.0873. The Morgan fingerprint density at radius 2 is 1.76 bits per heavy atom. The summed E-state index contributed by atoms with van der Waals surface area (Å²) in [6.07, 6.45) is 0. The lowest BCUT2D eigenvalue weighted by molar-refractivity contribution is 1.37. The van der Waals surface area contributed by atoms with Gasteiger partial charge in [-0.15, -0.1) is 0 Å². The fourth-order valence-electron chi connectivity index (χ4n) is 1.37. The first kappa shape index (κ1) is 12.0. The van der Waals surface area contributed by atoms with Crippen LogP contribution >= 0.6 is 23.4 Å². The first-order valence-electron chi connectivity index (χ1n) is 5.03. The zero-order valence-electron chi connectivity index (χ0n) is 8.98. The Hall–Kier alpha value is -1.45. The molecule has 3 N–H and O–H groups in total. The molecule has 0 bridgehead atoms. The third kappa shape index (κ3) is 3.25. The SMILES string of the molecule is N=C(N)c1ccc(Sc2cccc(Cl)c2)cc1. The van der Waals surface area contributed by atoms with Crippen molar-refractivity contribution in [3.8, 4) is 0 Å². The molecule has 2 nitrogen and oxygen atoms in total. The van der Waals surface area contributed by atoms with Crippen LogP contribution in [0.25, 0.3) is 0 Å². The van der Waals surface area contributed by atoms with Crippen molar-refractivity contribution in [3.63, 3.8) is 0 Å². The van der Waals surface area contributed by atoms with Crippen molar-refractivity contribution in [1.29, 1.82) is 5.41 Å². The van der Waals surface area contributed by atoms with Crippen LogP contribution in [-0.2, 0) is 0 Å². The van der Waals surface area contributed by atoms with Gasteiger partial charge in [0.15, 0.2) is 0 Å². The van der Waals surface area contributed by atoms with Gasteiger partial charge in [-0.25, -0.2) is 0 Å². The number of hydrogen-bond donors (Lipinski definition) is 2. The average Bonchev–Trinajstić information content (AvgIpc) is 2.29. The average molecular weight is 263 g/mol. The number of amidine groups is 1. The van der Waals surface area contributed by atoms with Gasteiger partial charge in [-0.3, -0.25) is 5.41 Å². The van der Waals surface area contributed by atoms with Crippen LogP contribution in [0.1, 0.15) is 5.56 Å². The van der Waals surface area contributed by atoms with Crippen molar-refractivity contribution in [1.82, 2.24) is 0 Å². The molecule has 0 aliphatic heterocycles. The van der Waals surface area contributed by atoms with Gasteiger partial charge in [-0.2, -0.15) is 0 Å². The van der Waals surface area contributed by atoms with Crippen molar-refractivity contribution in [3.05, 3.63) is 59.1 Å². The summed E-state index contributed by atoms with van der Waals surface area (Å²) >= 11 is 7.55. The third-order valence-corrected chi connectivity index (χ3v) is 3.43. The minimum Gasteiger partial charge on any atom is -0.384 e. The Morgan fingerprint density at radius 3 is 2.35 bits per heavy atom. The van der Waals surface area contributed by atoms with E-state index in [2.05, 4.69) is 0 Å². The lowest BCUT2D eigenvalue weighted by Gasteiger charge is -2.03. The van der Waals surface area contributed by atoms with Gasteiger partial charge in [0.05, 0.1) is 0 Å². The summed E-state index contributed by atoms with van der Waals surface area (Å²) in [5, 5.41) is 8.04. The molecule has 2 rings (SSSR count). The van der Waals surface area contributed by atoms with Crippen LogP contribution in [0.2, 0.25) is 5.02 Å². The van der Waals surface area contributed by atoms with Crippen molar-refractivity contribution >= 4 is 29.2 Å². The van der Waals surface area contributed by atoms with Gasteiger partial charge in [0.2, 0.25) is 0 Å². The normalized spacial score (nSPS) is 10.2. The van der Waals surface area contributed by atoms with Crippen LogP contribution in [-0.4, -0.2) is 5.84 Å². The molecule has 0 aliphatic carbocycles. The molecule has 0 spiro atoms. The van der Waals surface area contributed by atoms with Gasteiger partial charge in [-0.05, 0) is 30.3 Å². The number of rotatable bonds is 3. The van der Waals surface area contributed by atoms with Crippen molar-refractivity contribution in [2.45, 2.75) is 9.79 Å². The highest BCUT2D eigenvalue weighted by Gasteiger charge is 2.00. The highest BCUT2D eigenvalue weighted by Crippen LogP contribution is 2.29. The van der Waals surface area contributed by atoms with Crippen LogP contribution < -0.4 is 5.73 Å². The smallest absolute Gasteiger partial charge is 0.122 e. The largest absolute Gasteiger partial charge is 0.384 e. The third-order valence-electron chi connectivity index (χ3n) is 2.20. The summed E-state index contributed by atoms with van der Waals surface area (Å²) in [6, 6.07) is 15.3. The molecule has 0 saturated carbocycles. The molecule has 86 valence electrons.